The second kappa shape index (κ2) is 5.34. The first-order valence-electron chi connectivity index (χ1n) is 2.37. The molecule has 9 heavy (non-hydrogen) atoms. The third kappa shape index (κ3) is 5.06. The van der Waals surface area contributed by atoms with Gasteiger partial charge in [0.1, 0.15) is 0 Å². The van der Waals surface area contributed by atoms with Gasteiger partial charge in [0.25, 0.3) is 0 Å². The minimum Gasteiger partial charge on any atom is -0.393 e. The van der Waals surface area contributed by atoms with Crippen molar-refractivity contribution in [3.63, 3.8) is 0 Å². The zero-order valence-electron chi connectivity index (χ0n) is 5.07. The van der Waals surface area contributed by atoms with Gasteiger partial charge in [0.2, 0.25) is 0 Å². The standard InChI is InChI=1S/C4H8N4S/c1-6-2-4(9)3-7-8-5/h2,6,9H,3H2,1H3/b4-2-. The molecule has 0 bridgehead atoms. The molecule has 50 valence electrons. The van der Waals surface area contributed by atoms with Gasteiger partial charge in [-0.25, -0.2) is 0 Å². The van der Waals surface area contributed by atoms with Crippen molar-refractivity contribution in [2.75, 3.05) is 13.6 Å². The van der Waals surface area contributed by atoms with Gasteiger partial charge in [0.05, 0.1) is 6.54 Å². The Morgan fingerprint density at radius 2 is 2.67 bits per heavy atom. The molecule has 0 aliphatic rings. The zero-order valence-corrected chi connectivity index (χ0v) is 5.97. The molecule has 0 aromatic carbocycles. The number of hydrogen-bond donors (Lipinski definition) is 2. The first kappa shape index (κ1) is 8.20. The Labute approximate surface area is 59.0 Å². The van der Waals surface area contributed by atoms with Crippen LogP contribution in [0.5, 0.6) is 0 Å². The molecule has 0 heterocycles. The molecule has 0 unspecified atom stereocenters. The molecule has 0 rings (SSSR count). The van der Waals surface area contributed by atoms with Crippen LogP contribution in [-0.4, -0.2) is 13.6 Å². The fraction of sp³-hybridized carbons (Fsp3) is 0.500. The van der Waals surface area contributed by atoms with Crippen LogP contribution >= 0.6 is 12.6 Å². The lowest BCUT2D eigenvalue weighted by Crippen LogP contribution is -1.94. The zero-order chi connectivity index (χ0) is 7.11. The van der Waals surface area contributed by atoms with E-state index in [1.165, 1.54) is 0 Å². The Kier molecular flexibility index (Phi) is 4.86. The van der Waals surface area contributed by atoms with Crippen LogP contribution in [0.25, 0.3) is 10.4 Å². The van der Waals surface area contributed by atoms with E-state index in [9.17, 15) is 0 Å². The van der Waals surface area contributed by atoms with Crippen molar-refractivity contribution in [3.05, 3.63) is 21.5 Å². The first-order valence-corrected chi connectivity index (χ1v) is 2.82. The molecule has 5 heteroatoms. The molecular formula is C4H8N4S. The molecule has 0 saturated carbocycles. The van der Waals surface area contributed by atoms with Crippen LogP contribution in [0.15, 0.2) is 16.2 Å². The summed E-state index contributed by atoms with van der Waals surface area (Å²) in [5.74, 6) is 0. The maximum atomic E-state index is 7.86. The SMILES string of the molecule is CN/C=C(\S)CN=[N+]=[N-]. The summed E-state index contributed by atoms with van der Waals surface area (Å²) < 4.78 is 0. The quantitative estimate of drug-likeness (QED) is 0.266. The van der Waals surface area contributed by atoms with Crippen LogP contribution in [-0.2, 0) is 0 Å². The van der Waals surface area contributed by atoms with E-state index in [0.717, 1.165) is 4.91 Å². The van der Waals surface area contributed by atoms with Crippen LogP contribution in [0.4, 0.5) is 0 Å². The predicted molar refractivity (Wildman–Crippen MR) is 40.1 cm³/mol. The second-order valence-corrected chi connectivity index (χ2v) is 1.89. The van der Waals surface area contributed by atoms with Crippen LogP contribution < -0.4 is 5.32 Å². The van der Waals surface area contributed by atoms with Crippen molar-refractivity contribution < 1.29 is 0 Å². The van der Waals surface area contributed by atoms with Gasteiger partial charge in [0.15, 0.2) is 0 Å². The third-order valence-corrected chi connectivity index (χ3v) is 0.877. The summed E-state index contributed by atoms with van der Waals surface area (Å²) >= 11 is 3.98. The lowest BCUT2D eigenvalue weighted by molar-refractivity contribution is 1.07. The average molecular weight is 144 g/mol. The largest absolute Gasteiger partial charge is 0.393 e. The van der Waals surface area contributed by atoms with E-state index in [1.807, 2.05) is 0 Å². The van der Waals surface area contributed by atoms with Crippen LogP contribution in [0.3, 0.4) is 0 Å². The molecule has 0 aromatic rings. The molecule has 0 aliphatic carbocycles. The minimum absolute atomic E-state index is 0.306. The van der Waals surface area contributed by atoms with Crippen molar-refractivity contribution in [2.45, 2.75) is 0 Å². The fourth-order valence-electron chi connectivity index (χ4n) is 0.316. The highest BCUT2D eigenvalue weighted by atomic mass is 32.1. The number of nitrogens with zero attached hydrogens (tertiary/aromatic N) is 3. The Morgan fingerprint density at radius 1 is 2.00 bits per heavy atom. The van der Waals surface area contributed by atoms with Gasteiger partial charge in [0, 0.05) is 23.1 Å². The van der Waals surface area contributed by atoms with E-state index < -0.39 is 0 Å². The normalized spacial score (nSPS) is 10.2. The topological polar surface area (TPSA) is 60.8 Å². The van der Waals surface area contributed by atoms with Crippen LogP contribution in [0.2, 0.25) is 0 Å². The van der Waals surface area contributed by atoms with Gasteiger partial charge in [-0.2, -0.15) is 0 Å². The van der Waals surface area contributed by atoms with Gasteiger partial charge in [-0.15, -0.1) is 12.6 Å². The number of azide groups is 1. The smallest absolute Gasteiger partial charge is 0.0582 e. The van der Waals surface area contributed by atoms with Crippen molar-refractivity contribution in [1.29, 1.82) is 0 Å². The monoisotopic (exact) mass is 144 g/mol. The molecular weight excluding hydrogens is 136 g/mol. The van der Waals surface area contributed by atoms with E-state index in [2.05, 4.69) is 28.0 Å². The van der Waals surface area contributed by atoms with Crippen molar-refractivity contribution in [3.8, 4) is 0 Å². The molecule has 0 fully saturated rings. The average Bonchev–Trinajstić information content (AvgIpc) is 1.85. The highest BCUT2D eigenvalue weighted by Crippen LogP contribution is 1.97. The van der Waals surface area contributed by atoms with Crippen molar-refractivity contribution >= 4 is 12.6 Å². The number of rotatable bonds is 3. The lowest BCUT2D eigenvalue weighted by Gasteiger charge is -1.90. The molecule has 0 spiro atoms. The van der Waals surface area contributed by atoms with Crippen LogP contribution in [0, 0.1) is 0 Å². The Bertz CT molecular complexity index is 147. The molecule has 0 atom stereocenters. The van der Waals surface area contributed by atoms with Gasteiger partial charge in [-0.1, -0.05) is 5.11 Å². The summed E-state index contributed by atoms with van der Waals surface area (Å²) in [4.78, 5) is 3.28. The Morgan fingerprint density at radius 3 is 3.11 bits per heavy atom. The highest BCUT2D eigenvalue weighted by Gasteiger charge is 1.82. The lowest BCUT2D eigenvalue weighted by atomic mass is 10.6. The molecule has 4 nitrogen and oxygen atoms in total. The van der Waals surface area contributed by atoms with Crippen molar-refractivity contribution in [1.82, 2.24) is 5.32 Å². The Balaban J connectivity index is 3.61. The summed E-state index contributed by atoms with van der Waals surface area (Å²) in [5, 5.41) is 6.04. The number of hydrogen-bond acceptors (Lipinski definition) is 3. The molecule has 0 saturated heterocycles. The molecule has 1 N–H and O–H groups in total. The Hall–Kier alpha value is -0.800. The highest BCUT2D eigenvalue weighted by molar-refractivity contribution is 7.84. The van der Waals surface area contributed by atoms with Crippen molar-refractivity contribution in [2.24, 2.45) is 5.11 Å². The molecule has 0 aromatic heterocycles. The maximum Gasteiger partial charge on any atom is 0.0582 e. The van der Waals surface area contributed by atoms with E-state index in [4.69, 9.17) is 5.53 Å². The number of nitrogens with one attached hydrogen (secondary N) is 1. The summed E-state index contributed by atoms with van der Waals surface area (Å²) in [5.41, 5.74) is 7.86. The second-order valence-electron chi connectivity index (χ2n) is 1.31. The van der Waals surface area contributed by atoms with Gasteiger partial charge in [-0.3, -0.25) is 0 Å². The summed E-state index contributed by atoms with van der Waals surface area (Å²) in [6.07, 6.45) is 1.66. The molecule has 0 amide bonds. The third-order valence-electron chi connectivity index (χ3n) is 0.607. The molecule has 0 radical (unpaired) electrons. The minimum atomic E-state index is 0.306. The number of thiol groups is 1. The summed E-state index contributed by atoms with van der Waals surface area (Å²) in [6, 6.07) is 0. The van der Waals surface area contributed by atoms with E-state index in [1.54, 1.807) is 13.2 Å². The van der Waals surface area contributed by atoms with Crippen LogP contribution in [0.1, 0.15) is 0 Å². The fourth-order valence-corrected chi connectivity index (χ4v) is 0.509. The maximum absolute atomic E-state index is 7.86. The molecule has 0 aliphatic heterocycles. The summed E-state index contributed by atoms with van der Waals surface area (Å²) in [6.45, 7) is 0.306. The predicted octanol–water partition coefficient (Wildman–Crippen LogP) is 1.29. The van der Waals surface area contributed by atoms with E-state index >= 15 is 0 Å². The van der Waals surface area contributed by atoms with E-state index in [-0.39, 0.29) is 0 Å². The van der Waals surface area contributed by atoms with Gasteiger partial charge >= 0.3 is 0 Å². The van der Waals surface area contributed by atoms with Gasteiger partial charge < -0.3 is 5.32 Å². The van der Waals surface area contributed by atoms with E-state index in [0.29, 0.717) is 6.54 Å². The van der Waals surface area contributed by atoms with Gasteiger partial charge in [-0.05, 0) is 5.53 Å². The first-order chi connectivity index (χ1) is 4.31. The summed E-state index contributed by atoms with van der Waals surface area (Å²) in [7, 11) is 1.76.